The van der Waals surface area contributed by atoms with Crippen molar-refractivity contribution in [3.05, 3.63) is 59.0 Å². The van der Waals surface area contributed by atoms with Crippen molar-refractivity contribution >= 4 is 11.8 Å². The van der Waals surface area contributed by atoms with E-state index in [2.05, 4.69) is 0 Å². The van der Waals surface area contributed by atoms with Gasteiger partial charge in [0.1, 0.15) is 18.1 Å². The minimum atomic E-state index is -0.869. The number of nitrogens with zero attached hydrogens (tertiary/aromatic N) is 1. The molecule has 1 N–H and O–H groups in total. The molecule has 0 bridgehead atoms. The smallest absolute Gasteiger partial charge is 0.497 e. The van der Waals surface area contributed by atoms with E-state index >= 15 is 0 Å². The molecule has 0 spiro atoms. The second-order valence-corrected chi connectivity index (χ2v) is 4.26. The zero-order chi connectivity index (χ0) is 15.9. The third kappa shape index (κ3) is 4.20. The molecule has 2 aromatic rings. The van der Waals surface area contributed by atoms with Gasteiger partial charge in [-0.1, -0.05) is 12.1 Å². The first-order chi connectivity index (χ1) is 10.6. The van der Waals surface area contributed by atoms with E-state index in [-0.39, 0.29) is 23.0 Å². The molecule has 0 aromatic heterocycles. The summed E-state index contributed by atoms with van der Waals surface area (Å²) in [7, 11) is 1.57. The average molecular weight is 304 g/mol. The maximum atomic E-state index is 11.5. The van der Waals surface area contributed by atoms with Gasteiger partial charge in [0.2, 0.25) is 0 Å². The van der Waals surface area contributed by atoms with E-state index in [0.717, 1.165) is 5.56 Å². The van der Waals surface area contributed by atoms with Gasteiger partial charge in [-0.05, 0) is 29.8 Å². The lowest BCUT2D eigenvalue weighted by atomic mass is 10.2. The highest BCUT2D eigenvalue weighted by Gasteiger charge is 2.12. The van der Waals surface area contributed by atoms with Crippen LogP contribution in [-0.2, 0) is 11.3 Å². The Morgan fingerprint density at radius 3 is 2.18 bits per heavy atom. The van der Waals surface area contributed by atoms with Gasteiger partial charge in [-0.15, -0.1) is 0 Å². The van der Waals surface area contributed by atoms with Crippen molar-refractivity contribution in [2.24, 2.45) is 0 Å². The van der Waals surface area contributed by atoms with Crippen LogP contribution in [0.5, 0.6) is 11.5 Å². The monoisotopic (exact) mass is 304 g/mol. The van der Waals surface area contributed by atoms with Gasteiger partial charge in [0, 0.05) is 12.1 Å². The van der Waals surface area contributed by atoms with Gasteiger partial charge < -0.3 is 14.2 Å². The molecule has 0 amide bonds. The van der Waals surface area contributed by atoms with E-state index in [1.165, 1.54) is 24.3 Å². The molecule has 0 aliphatic carbocycles. The molecule has 2 aromatic carbocycles. The summed E-state index contributed by atoms with van der Waals surface area (Å²) in [5.74, 6) is 0.910. The minimum Gasteiger partial charge on any atom is -0.497 e. The van der Waals surface area contributed by atoms with Crippen LogP contribution in [-0.4, -0.2) is 23.4 Å². The first kappa shape index (κ1) is 15.3. The molecular weight excluding hydrogens is 290 g/mol. The van der Waals surface area contributed by atoms with Crippen LogP contribution in [0.3, 0.4) is 0 Å². The molecule has 0 aliphatic heterocycles. The number of carbonyl (C=O) groups is 1. The fourth-order valence-electron chi connectivity index (χ4n) is 1.63. The Kier molecular flexibility index (Phi) is 4.92. The van der Waals surface area contributed by atoms with Crippen molar-refractivity contribution in [3.63, 3.8) is 0 Å². The summed E-state index contributed by atoms with van der Waals surface area (Å²) in [5.41, 5.74) is 0.814. The Balaban J connectivity index is 1.85. The standard InChI is InChI=1S/C15H14NO6/c1-20-13-6-2-11(3-7-13)10-21-15(17)22-14-8-4-12(5-9-14)16(18)19/h2-9H,10H2,1H3,(H,18,19)/q+1. The average Bonchev–Trinajstić information content (AvgIpc) is 2.54. The van der Waals surface area contributed by atoms with Crippen LogP contribution in [0.4, 0.5) is 10.5 Å². The molecule has 22 heavy (non-hydrogen) atoms. The molecule has 0 unspecified atom stereocenters. The summed E-state index contributed by atoms with van der Waals surface area (Å²) in [6.07, 6.45) is -0.869. The van der Waals surface area contributed by atoms with E-state index in [1.807, 2.05) is 0 Å². The molecule has 0 aliphatic rings. The van der Waals surface area contributed by atoms with Crippen LogP contribution in [0.25, 0.3) is 0 Å². The molecule has 0 atom stereocenters. The highest BCUT2D eigenvalue weighted by atomic mass is 16.7. The topological polar surface area (TPSA) is 85.1 Å². The van der Waals surface area contributed by atoms with Crippen molar-refractivity contribution in [2.45, 2.75) is 6.61 Å². The predicted molar refractivity (Wildman–Crippen MR) is 75.3 cm³/mol. The van der Waals surface area contributed by atoms with E-state index in [0.29, 0.717) is 5.75 Å². The Labute approximate surface area is 126 Å². The van der Waals surface area contributed by atoms with Gasteiger partial charge in [-0.25, -0.2) is 10.0 Å². The van der Waals surface area contributed by atoms with Crippen LogP contribution in [0.15, 0.2) is 48.5 Å². The van der Waals surface area contributed by atoms with Crippen molar-refractivity contribution in [1.29, 1.82) is 0 Å². The van der Waals surface area contributed by atoms with Crippen LogP contribution in [0.1, 0.15) is 5.56 Å². The third-order valence-electron chi connectivity index (χ3n) is 2.77. The maximum Gasteiger partial charge on any atom is 0.514 e. The van der Waals surface area contributed by atoms with Crippen molar-refractivity contribution in [3.8, 4) is 11.5 Å². The largest absolute Gasteiger partial charge is 0.514 e. The molecule has 0 fully saturated rings. The summed E-state index contributed by atoms with van der Waals surface area (Å²) in [4.78, 5) is 21.9. The SMILES string of the molecule is COc1ccc(COC(=O)Oc2ccc([N+](=O)O)cc2)cc1. The van der Waals surface area contributed by atoms with E-state index in [1.54, 1.807) is 31.4 Å². The molecule has 0 saturated carbocycles. The van der Waals surface area contributed by atoms with E-state index in [9.17, 15) is 9.70 Å². The van der Waals surface area contributed by atoms with Crippen molar-refractivity contribution in [1.82, 2.24) is 0 Å². The molecular formula is C15H14NO6+. The predicted octanol–water partition coefficient (Wildman–Crippen LogP) is 3.21. The molecule has 114 valence electrons. The molecule has 0 saturated heterocycles. The number of ether oxygens (including phenoxy) is 3. The Hall–Kier alpha value is -3.09. The molecule has 0 heterocycles. The van der Waals surface area contributed by atoms with Gasteiger partial charge >= 0.3 is 11.8 Å². The number of hydrogen-bond acceptors (Lipinski definition) is 5. The number of hydrogen-bond donors (Lipinski definition) is 1. The molecule has 7 heteroatoms. The first-order valence-corrected chi connectivity index (χ1v) is 6.32. The van der Waals surface area contributed by atoms with Gasteiger partial charge in [-0.3, -0.25) is 0 Å². The lowest BCUT2D eigenvalue weighted by molar-refractivity contribution is -0.729. The quantitative estimate of drug-likeness (QED) is 0.518. The minimum absolute atomic E-state index is 0.0268. The Bertz CT molecular complexity index is 651. The highest BCUT2D eigenvalue weighted by Crippen LogP contribution is 2.18. The zero-order valence-corrected chi connectivity index (χ0v) is 11.8. The summed E-state index contributed by atoms with van der Waals surface area (Å²) >= 11 is 0. The lowest BCUT2D eigenvalue weighted by Crippen LogP contribution is -2.10. The number of methoxy groups -OCH3 is 1. The summed E-state index contributed by atoms with van der Waals surface area (Å²) < 4.78 is 14.9. The van der Waals surface area contributed by atoms with Crippen molar-refractivity contribution in [2.75, 3.05) is 7.11 Å². The van der Waals surface area contributed by atoms with Gasteiger partial charge in [0.05, 0.1) is 12.0 Å². The Morgan fingerprint density at radius 1 is 1.05 bits per heavy atom. The van der Waals surface area contributed by atoms with Crippen LogP contribution >= 0.6 is 0 Å². The summed E-state index contributed by atoms with van der Waals surface area (Å²) in [6.45, 7) is 0.0614. The first-order valence-electron chi connectivity index (χ1n) is 6.32. The fraction of sp³-hybridized carbons (Fsp3) is 0.133. The van der Waals surface area contributed by atoms with Gasteiger partial charge in [0.15, 0.2) is 0 Å². The molecule has 0 radical (unpaired) electrons. The van der Waals surface area contributed by atoms with Crippen LogP contribution < -0.4 is 9.47 Å². The second-order valence-electron chi connectivity index (χ2n) is 4.26. The zero-order valence-electron chi connectivity index (χ0n) is 11.8. The van der Waals surface area contributed by atoms with E-state index in [4.69, 9.17) is 19.4 Å². The molecule has 7 nitrogen and oxygen atoms in total. The number of carbonyl (C=O) groups excluding carboxylic acids is 1. The normalized spacial score (nSPS) is 9.86. The van der Waals surface area contributed by atoms with Gasteiger partial charge in [0.25, 0.3) is 4.92 Å². The molecule has 2 rings (SSSR count). The lowest BCUT2D eigenvalue weighted by Gasteiger charge is -2.06. The van der Waals surface area contributed by atoms with Crippen LogP contribution in [0, 0.1) is 4.91 Å². The summed E-state index contributed by atoms with van der Waals surface area (Å²) in [6, 6.07) is 12.4. The van der Waals surface area contributed by atoms with Gasteiger partial charge in [-0.2, -0.15) is 0 Å². The second kappa shape index (κ2) is 7.07. The van der Waals surface area contributed by atoms with Crippen LogP contribution in [0.2, 0.25) is 0 Å². The van der Waals surface area contributed by atoms with Crippen molar-refractivity contribution < 1.29 is 29.1 Å². The highest BCUT2D eigenvalue weighted by molar-refractivity contribution is 5.64. The van der Waals surface area contributed by atoms with E-state index < -0.39 is 6.16 Å². The Morgan fingerprint density at radius 2 is 1.64 bits per heavy atom. The third-order valence-corrected chi connectivity index (χ3v) is 2.77. The number of benzene rings is 2. The number of rotatable bonds is 5. The fourth-order valence-corrected chi connectivity index (χ4v) is 1.63. The maximum absolute atomic E-state index is 11.5. The summed E-state index contributed by atoms with van der Waals surface area (Å²) in [5, 5.41) is 8.68.